The van der Waals surface area contributed by atoms with E-state index in [4.69, 9.17) is 0 Å². The molecule has 0 saturated heterocycles. The lowest BCUT2D eigenvalue weighted by Crippen LogP contribution is -1.71. The summed E-state index contributed by atoms with van der Waals surface area (Å²) >= 11 is 0. The number of allylic oxidation sites excluding steroid dienone is 3. The van der Waals surface area contributed by atoms with E-state index < -0.39 is 0 Å². The van der Waals surface area contributed by atoms with Gasteiger partial charge in [0, 0.05) is 0 Å². The number of hydrogen-bond donors (Lipinski definition) is 0. The molecular formula is C13H30. The predicted molar refractivity (Wildman–Crippen MR) is 68.3 cm³/mol. The summed E-state index contributed by atoms with van der Waals surface area (Å²) in [6.45, 7) is 21.8. The lowest BCUT2D eigenvalue weighted by Gasteiger charge is -1.92. The molecule has 0 aliphatic carbocycles. The Morgan fingerprint density at radius 3 is 1.08 bits per heavy atom. The van der Waals surface area contributed by atoms with Crippen molar-refractivity contribution in [1.29, 1.82) is 0 Å². The zero-order chi connectivity index (χ0) is 11.9. The van der Waals surface area contributed by atoms with Crippen LogP contribution in [0.2, 0.25) is 0 Å². The first-order chi connectivity index (χ1) is 6.18. The summed E-state index contributed by atoms with van der Waals surface area (Å²) in [5.41, 5.74) is 2.43. The van der Waals surface area contributed by atoms with Crippen LogP contribution in [0, 0.1) is 0 Å². The Labute approximate surface area is 86.8 Å². The van der Waals surface area contributed by atoms with Crippen LogP contribution in [0.3, 0.4) is 0 Å². The summed E-state index contributed by atoms with van der Waals surface area (Å²) in [5, 5.41) is 0. The highest BCUT2D eigenvalue weighted by Crippen LogP contribution is 2.02. The van der Waals surface area contributed by atoms with E-state index in [2.05, 4.69) is 19.6 Å². The van der Waals surface area contributed by atoms with Crippen LogP contribution in [0.5, 0.6) is 0 Å². The van der Waals surface area contributed by atoms with Gasteiger partial charge in [-0.3, -0.25) is 0 Å². The maximum atomic E-state index is 3.76. The molecule has 82 valence electrons. The highest BCUT2D eigenvalue weighted by atomic mass is 13.9. The molecule has 0 atom stereocenters. The predicted octanol–water partition coefficient (Wildman–Crippen LogP) is 5.61. The van der Waals surface area contributed by atoms with Crippen molar-refractivity contribution in [2.45, 2.75) is 62.3 Å². The van der Waals surface area contributed by atoms with Gasteiger partial charge in [0.15, 0.2) is 0 Å². The number of hydrogen-bond acceptors (Lipinski definition) is 0. The van der Waals surface area contributed by atoms with Crippen LogP contribution < -0.4 is 0 Å². The van der Waals surface area contributed by atoms with E-state index >= 15 is 0 Å². The van der Waals surface area contributed by atoms with Crippen LogP contribution >= 0.6 is 0 Å². The fraction of sp³-hybridized carbons (Fsp3) is 0.692. The van der Waals surface area contributed by atoms with Crippen LogP contribution in [0.15, 0.2) is 23.8 Å². The van der Waals surface area contributed by atoms with E-state index in [0.717, 1.165) is 5.57 Å². The SMILES string of the molecule is C=C(C)/C(C)=C\C.CC.CC.CC. The van der Waals surface area contributed by atoms with Crippen LogP contribution in [-0.2, 0) is 0 Å². The Balaban J connectivity index is -0.0000000573. The van der Waals surface area contributed by atoms with Crippen molar-refractivity contribution in [3.05, 3.63) is 23.8 Å². The average molecular weight is 186 g/mol. The topological polar surface area (TPSA) is 0 Å². The van der Waals surface area contributed by atoms with E-state index in [9.17, 15) is 0 Å². The molecule has 0 aromatic carbocycles. The van der Waals surface area contributed by atoms with Gasteiger partial charge in [-0.2, -0.15) is 0 Å². The molecule has 0 N–H and O–H groups in total. The van der Waals surface area contributed by atoms with Crippen LogP contribution in [0.1, 0.15) is 62.3 Å². The standard InChI is InChI=1S/C7H12.3C2H6/c1-5-7(4)6(2)3;3*1-2/h5H,2H2,1,3-4H3;3*1-2H3/b7-5-;;;. The first kappa shape index (κ1) is 22.9. The van der Waals surface area contributed by atoms with Gasteiger partial charge in [0.05, 0.1) is 0 Å². The van der Waals surface area contributed by atoms with Crippen molar-refractivity contribution in [3.8, 4) is 0 Å². The van der Waals surface area contributed by atoms with Gasteiger partial charge >= 0.3 is 0 Å². The molecule has 0 heterocycles. The minimum Gasteiger partial charge on any atom is -0.0959 e. The Morgan fingerprint density at radius 2 is 1.08 bits per heavy atom. The zero-order valence-electron chi connectivity index (χ0n) is 11.3. The second-order valence-electron chi connectivity index (χ2n) is 1.75. The van der Waals surface area contributed by atoms with E-state index in [1.165, 1.54) is 5.57 Å². The van der Waals surface area contributed by atoms with Gasteiger partial charge in [-0.1, -0.05) is 65.3 Å². The molecule has 0 nitrogen and oxygen atoms in total. The molecule has 0 amide bonds. The minimum absolute atomic E-state index is 1.16. The maximum Gasteiger partial charge on any atom is -0.0399 e. The van der Waals surface area contributed by atoms with E-state index in [0.29, 0.717) is 0 Å². The normalized spacial score (nSPS) is 7.62. The van der Waals surface area contributed by atoms with Crippen LogP contribution in [0.25, 0.3) is 0 Å². The fourth-order valence-corrected chi connectivity index (χ4v) is 0.246. The second kappa shape index (κ2) is 30.0. The molecule has 0 heteroatoms. The third-order valence-electron chi connectivity index (χ3n) is 1.11. The smallest absolute Gasteiger partial charge is 0.0399 e. The molecule has 0 aliphatic heterocycles. The molecule has 13 heavy (non-hydrogen) atoms. The average Bonchev–Trinajstić information content (AvgIpc) is 2.25. The highest BCUT2D eigenvalue weighted by molar-refractivity contribution is 5.22. The Kier molecular flexibility index (Phi) is 52.8. The summed E-state index contributed by atoms with van der Waals surface area (Å²) in [5.74, 6) is 0. The molecule has 0 rings (SSSR count). The van der Waals surface area contributed by atoms with Gasteiger partial charge in [0.25, 0.3) is 0 Å². The minimum atomic E-state index is 1.16. The maximum absolute atomic E-state index is 3.76. The lowest BCUT2D eigenvalue weighted by atomic mass is 10.2. The fourth-order valence-electron chi connectivity index (χ4n) is 0.246. The molecule has 0 unspecified atom stereocenters. The van der Waals surface area contributed by atoms with Crippen LogP contribution in [-0.4, -0.2) is 0 Å². The summed E-state index contributed by atoms with van der Waals surface area (Å²) in [6.07, 6.45) is 2.06. The van der Waals surface area contributed by atoms with E-state index in [1.807, 2.05) is 55.4 Å². The van der Waals surface area contributed by atoms with Crippen molar-refractivity contribution in [3.63, 3.8) is 0 Å². The molecule has 0 bridgehead atoms. The molecule has 0 aromatic heterocycles. The van der Waals surface area contributed by atoms with Gasteiger partial charge in [-0.15, -0.1) is 0 Å². The van der Waals surface area contributed by atoms with Gasteiger partial charge in [0.1, 0.15) is 0 Å². The summed E-state index contributed by atoms with van der Waals surface area (Å²) in [4.78, 5) is 0. The van der Waals surface area contributed by atoms with Gasteiger partial charge < -0.3 is 0 Å². The zero-order valence-corrected chi connectivity index (χ0v) is 11.3. The molecule has 0 spiro atoms. The quantitative estimate of drug-likeness (QED) is 0.467. The molecule has 0 aliphatic rings. The molecule has 0 aromatic rings. The Hall–Kier alpha value is -0.520. The van der Waals surface area contributed by atoms with Gasteiger partial charge in [-0.05, 0) is 20.8 Å². The van der Waals surface area contributed by atoms with E-state index in [-0.39, 0.29) is 0 Å². The van der Waals surface area contributed by atoms with Gasteiger partial charge in [0.2, 0.25) is 0 Å². The second-order valence-corrected chi connectivity index (χ2v) is 1.75. The van der Waals surface area contributed by atoms with Crippen LogP contribution in [0.4, 0.5) is 0 Å². The molecule has 0 fully saturated rings. The Bertz CT molecular complexity index is 96.6. The molecule has 0 radical (unpaired) electrons. The monoisotopic (exact) mass is 186 g/mol. The highest BCUT2D eigenvalue weighted by Gasteiger charge is 1.81. The largest absolute Gasteiger partial charge is 0.0959 e. The third kappa shape index (κ3) is 34.4. The van der Waals surface area contributed by atoms with Crippen molar-refractivity contribution >= 4 is 0 Å². The third-order valence-corrected chi connectivity index (χ3v) is 1.11. The van der Waals surface area contributed by atoms with E-state index in [1.54, 1.807) is 0 Å². The van der Waals surface area contributed by atoms with Crippen molar-refractivity contribution in [1.82, 2.24) is 0 Å². The summed E-state index contributed by atoms with van der Waals surface area (Å²) in [7, 11) is 0. The summed E-state index contributed by atoms with van der Waals surface area (Å²) < 4.78 is 0. The van der Waals surface area contributed by atoms with Crippen molar-refractivity contribution < 1.29 is 0 Å². The number of rotatable bonds is 1. The van der Waals surface area contributed by atoms with Crippen molar-refractivity contribution in [2.24, 2.45) is 0 Å². The molecular weight excluding hydrogens is 156 g/mol. The lowest BCUT2D eigenvalue weighted by molar-refractivity contribution is 1.34. The summed E-state index contributed by atoms with van der Waals surface area (Å²) in [6, 6.07) is 0. The first-order valence-electron chi connectivity index (χ1n) is 5.47. The van der Waals surface area contributed by atoms with Crippen molar-refractivity contribution in [2.75, 3.05) is 0 Å². The van der Waals surface area contributed by atoms with Gasteiger partial charge in [-0.25, -0.2) is 0 Å². The molecule has 0 saturated carbocycles. The first-order valence-corrected chi connectivity index (χ1v) is 5.47. The Morgan fingerprint density at radius 1 is 0.846 bits per heavy atom.